The van der Waals surface area contributed by atoms with E-state index in [9.17, 15) is 4.79 Å². The molecule has 1 aromatic carbocycles. The fourth-order valence-corrected chi connectivity index (χ4v) is 4.94. The molecule has 24 heavy (non-hydrogen) atoms. The number of carbonyl (C=O) groups is 1. The Labute approximate surface area is 151 Å². The Morgan fingerprint density at radius 3 is 3.00 bits per heavy atom. The number of hydrogen-bond donors (Lipinski definition) is 2. The number of anilines is 1. The lowest BCUT2D eigenvalue weighted by Gasteiger charge is -2.32. The summed E-state index contributed by atoms with van der Waals surface area (Å²) in [7, 11) is 0. The normalized spacial score (nSPS) is 22.9. The second-order valence-corrected chi connectivity index (χ2v) is 8.32. The van der Waals surface area contributed by atoms with Crippen molar-refractivity contribution < 1.29 is 9.69 Å². The molecule has 1 saturated carbocycles. The lowest BCUT2D eigenvalue weighted by molar-refractivity contribution is -0.928. The lowest BCUT2D eigenvalue weighted by atomic mass is 9.96. The van der Waals surface area contributed by atoms with Gasteiger partial charge in [-0.25, -0.2) is 0 Å². The minimum atomic E-state index is 0.0831. The molecule has 0 saturated heterocycles. The fraction of sp³-hybridized carbons (Fsp3) is 0.421. The molecular formula is C19H22ClN2OS+. The van der Waals surface area contributed by atoms with Crippen molar-refractivity contribution in [1.29, 1.82) is 0 Å². The quantitative estimate of drug-likeness (QED) is 0.861. The average molecular weight is 362 g/mol. The summed E-state index contributed by atoms with van der Waals surface area (Å²) in [5, 5.41) is 5.95. The van der Waals surface area contributed by atoms with Gasteiger partial charge in [0, 0.05) is 33.5 Å². The number of hydrogen-bond acceptors (Lipinski definition) is 2. The van der Waals surface area contributed by atoms with Crippen LogP contribution in [0.15, 0.2) is 29.6 Å². The van der Waals surface area contributed by atoms with Crippen molar-refractivity contribution in [3.63, 3.8) is 0 Å². The number of rotatable bonds is 4. The first-order chi connectivity index (χ1) is 11.6. The molecule has 2 aromatic rings. The van der Waals surface area contributed by atoms with Gasteiger partial charge in [-0.3, -0.25) is 4.79 Å². The molecule has 3 nitrogen and oxygen atoms in total. The Balaban J connectivity index is 1.48. The minimum absolute atomic E-state index is 0.0831. The van der Waals surface area contributed by atoms with Gasteiger partial charge in [0.15, 0.2) is 6.54 Å². The summed E-state index contributed by atoms with van der Waals surface area (Å²) in [6.45, 7) is 3.52. The maximum Gasteiger partial charge on any atom is 0.279 e. The molecule has 0 radical (unpaired) electrons. The van der Waals surface area contributed by atoms with Crippen molar-refractivity contribution in [2.75, 3.05) is 18.4 Å². The first-order valence-corrected chi connectivity index (χ1v) is 9.85. The molecule has 1 aliphatic carbocycles. The van der Waals surface area contributed by atoms with Crippen LogP contribution in [0.1, 0.15) is 34.9 Å². The van der Waals surface area contributed by atoms with E-state index in [0.717, 1.165) is 30.1 Å². The molecule has 4 rings (SSSR count). The number of thiophene rings is 1. The van der Waals surface area contributed by atoms with Crippen molar-refractivity contribution >= 4 is 34.5 Å². The summed E-state index contributed by atoms with van der Waals surface area (Å²) >= 11 is 8.02. The van der Waals surface area contributed by atoms with Gasteiger partial charge in [-0.15, -0.1) is 11.3 Å². The number of benzene rings is 1. The Hall–Kier alpha value is -1.36. The molecule has 2 atom stereocenters. The monoisotopic (exact) mass is 361 g/mol. The maximum atomic E-state index is 12.6. The summed E-state index contributed by atoms with van der Waals surface area (Å²) in [6.07, 6.45) is 3.70. The first-order valence-electron chi connectivity index (χ1n) is 8.59. The number of amides is 1. The van der Waals surface area contributed by atoms with Crippen molar-refractivity contribution in [3.8, 4) is 0 Å². The van der Waals surface area contributed by atoms with E-state index in [0.29, 0.717) is 17.6 Å². The van der Waals surface area contributed by atoms with Gasteiger partial charge >= 0.3 is 0 Å². The van der Waals surface area contributed by atoms with E-state index >= 15 is 0 Å². The molecule has 5 heteroatoms. The molecule has 2 aliphatic rings. The number of carbonyl (C=O) groups excluding carboxylic acids is 1. The van der Waals surface area contributed by atoms with Gasteiger partial charge in [-0.05, 0) is 48.9 Å². The molecule has 0 bridgehead atoms. The molecule has 0 spiro atoms. The van der Waals surface area contributed by atoms with Crippen molar-refractivity contribution in [3.05, 3.63) is 50.7 Å². The van der Waals surface area contributed by atoms with Crippen molar-refractivity contribution in [1.82, 2.24) is 0 Å². The average Bonchev–Trinajstić information content (AvgIpc) is 3.28. The fourth-order valence-electron chi connectivity index (χ4n) is 3.84. The van der Waals surface area contributed by atoms with Crippen LogP contribution in [0.5, 0.6) is 0 Å². The van der Waals surface area contributed by atoms with Gasteiger partial charge in [0.05, 0.1) is 6.54 Å². The third kappa shape index (κ3) is 3.10. The zero-order valence-electron chi connectivity index (χ0n) is 13.8. The van der Waals surface area contributed by atoms with Crippen molar-refractivity contribution in [2.45, 2.75) is 32.2 Å². The smallest absolute Gasteiger partial charge is 0.279 e. The van der Waals surface area contributed by atoms with Crippen LogP contribution in [-0.2, 0) is 11.2 Å². The zero-order valence-corrected chi connectivity index (χ0v) is 15.3. The number of fused-ring (bicyclic) bond motifs is 1. The number of quaternary nitrogens is 1. The molecule has 1 fully saturated rings. The molecular weight excluding hydrogens is 340 g/mol. The Bertz CT molecular complexity index is 768. The maximum absolute atomic E-state index is 12.6. The van der Waals surface area contributed by atoms with Gasteiger partial charge in [-0.2, -0.15) is 0 Å². The van der Waals surface area contributed by atoms with Crippen LogP contribution in [0.3, 0.4) is 0 Å². The minimum Gasteiger partial charge on any atom is -0.321 e. The summed E-state index contributed by atoms with van der Waals surface area (Å²) in [5.41, 5.74) is 3.25. The largest absolute Gasteiger partial charge is 0.321 e. The van der Waals surface area contributed by atoms with Crippen LogP contribution >= 0.6 is 22.9 Å². The van der Waals surface area contributed by atoms with Crippen LogP contribution in [0.2, 0.25) is 5.02 Å². The molecule has 1 aliphatic heterocycles. The predicted molar refractivity (Wildman–Crippen MR) is 99.0 cm³/mol. The summed E-state index contributed by atoms with van der Waals surface area (Å²) in [5.74, 6) is 0.842. The van der Waals surface area contributed by atoms with Crippen LogP contribution in [0, 0.1) is 12.8 Å². The first kappa shape index (κ1) is 16.1. The van der Waals surface area contributed by atoms with Gasteiger partial charge in [0.25, 0.3) is 5.91 Å². The molecule has 126 valence electrons. The lowest BCUT2D eigenvalue weighted by Crippen LogP contribution is -3.14. The van der Waals surface area contributed by atoms with E-state index in [1.54, 1.807) is 0 Å². The highest BCUT2D eigenvalue weighted by atomic mass is 35.5. The van der Waals surface area contributed by atoms with E-state index in [2.05, 4.69) is 16.8 Å². The van der Waals surface area contributed by atoms with E-state index < -0.39 is 0 Å². The summed E-state index contributed by atoms with van der Waals surface area (Å²) < 4.78 is 0. The van der Waals surface area contributed by atoms with Gasteiger partial charge < -0.3 is 10.2 Å². The Morgan fingerprint density at radius 1 is 1.38 bits per heavy atom. The highest BCUT2D eigenvalue weighted by molar-refractivity contribution is 7.10. The third-order valence-electron chi connectivity index (χ3n) is 5.25. The van der Waals surface area contributed by atoms with Crippen LogP contribution in [-0.4, -0.2) is 19.0 Å². The van der Waals surface area contributed by atoms with E-state index in [-0.39, 0.29) is 5.91 Å². The number of nitrogens with one attached hydrogen (secondary N) is 2. The van der Waals surface area contributed by atoms with Crippen LogP contribution in [0.25, 0.3) is 0 Å². The molecule has 2 N–H and O–H groups in total. The SMILES string of the molecule is Cc1c(Cl)cccc1NC(=O)C[NH+]1CCc2sccc2[C@@H]1C1CC1. The van der Waals surface area contributed by atoms with Crippen molar-refractivity contribution in [2.24, 2.45) is 5.92 Å². The summed E-state index contributed by atoms with van der Waals surface area (Å²) in [4.78, 5) is 15.6. The standard InChI is InChI=1S/C19H21ClN2OS/c1-12-15(20)3-2-4-16(12)21-18(23)11-22-9-7-17-14(8-10-24-17)19(22)13-5-6-13/h2-4,8,10,13,19H,5-7,9,11H2,1H3,(H,21,23)/p+1/t19-/m0/s1. The van der Waals surface area contributed by atoms with Crippen LogP contribution in [0.4, 0.5) is 5.69 Å². The van der Waals surface area contributed by atoms with Gasteiger partial charge in [0.1, 0.15) is 6.04 Å². The topological polar surface area (TPSA) is 33.5 Å². The van der Waals surface area contributed by atoms with E-state index in [1.807, 2.05) is 36.5 Å². The zero-order chi connectivity index (χ0) is 16.7. The molecule has 1 unspecified atom stereocenters. The second-order valence-electron chi connectivity index (χ2n) is 6.91. The molecule has 2 heterocycles. The highest BCUT2D eigenvalue weighted by Gasteiger charge is 2.43. The van der Waals surface area contributed by atoms with E-state index in [1.165, 1.54) is 28.2 Å². The Morgan fingerprint density at radius 2 is 2.21 bits per heavy atom. The third-order valence-corrected chi connectivity index (χ3v) is 6.66. The second kappa shape index (κ2) is 6.51. The van der Waals surface area contributed by atoms with Crippen LogP contribution < -0.4 is 10.2 Å². The summed E-state index contributed by atoms with van der Waals surface area (Å²) in [6, 6.07) is 8.43. The van der Waals surface area contributed by atoms with Gasteiger partial charge in [-0.1, -0.05) is 17.7 Å². The molecule has 1 aromatic heterocycles. The molecule has 1 amide bonds. The highest BCUT2D eigenvalue weighted by Crippen LogP contribution is 2.42. The van der Waals surface area contributed by atoms with Gasteiger partial charge in [0.2, 0.25) is 0 Å². The van der Waals surface area contributed by atoms with E-state index in [4.69, 9.17) is 11.6 Å². The number of halogens is 1. The Kier molecular flexibility index (Phi) is 4.37. The predicted octanol–water partition coefficient (Wildman–Crippen LogP) is 3.24.